The van der Waals surface area contributed by atoms with E-state index in [4.69, 9.17) is 16.2 Å². The molecule has 1 aromatic carbocycles. The minimum atomic E-state index is 0.0199. The molecular formula is C11H18N4O. The average molecular weight is 222 g/mol. The lowest BCUT2D eigenvalue weighted by molar-refractivity contribution is 0.313. The predicted molar refractivity (Wildman–Crippen MR) is 65.2 cm³/mol. The van der Waals surface area contributed by atoms with Gasteiger partial charge in [0.25, 0.3) is 0 Å². The van der Waals surface area contributed by atoms with Crippen molar-refractivity contribution in [2.45, 2.75) is 13.8 Å². The fourth-order valence-electron chi connectivity index (χ4n) is 1.32. The van der Waals surface area contributed by atoms with Crippen LogP contribution in [0.15, 0.2) is 23.3 Å². The first-order chi connectivity index (χ1) is 7.59. The molecule has 16 heavy (non-hydrogen) atoms. The summed E-state index contributed by atoms with van der Waals surface area (Å²) in [7, 11) is 0. The second-order valence-corrected chi connectivity index (χ2v) is 3.56. The first-order valence-electron chi connectivity index (χ1n) is 5.11. The first-order valence-corrected chi connectivity index (χ1v) is 5.11. The summed E-state index contributed by atoms with van der Waals surface area (Å²) in [6, 6.07) is 6.07. The van der Waals surface area contributed by atoms with Gasteiger partial charge in [-0.1, -0.05) is 17.7 Å². The van der Waals surface area contributed by atoms with Crippen LogP contribution in [0.25, 0.3) is 0 Å². The summed E-state index contributed by atoms with van der Waals surface area (Å²) >= 11 is 0. The molecule has 0 unspecified atom stereocenters. The van der Waals surface area contributed by atoms with Gasteiger partial charge in [-0.2, -0.15) is 0 Å². The van der Waals surface area contributed by atoms with E-state index >= 15 is 0 Å². The van der Waals surface area contributed by atoms with Crippen molar-refractivity contribution in [2.75, 3.05) is 13.2 Å². The summed E-state index contributed by atoms with van der Waals surface area (Å²) < 4.78 is 5.56. The van der Waals surface area contributed by atoms with E-state index in [-0.39, 0.29) is 5.96 Å². The van der Waals surface area contributed by atoms with Crippen molar-refractivity contribution in [1.29, 1.82) is 0 Å². The number of hydrogen-bond acceptors (Lipinski definition) is 3. The molecule has 5 heteroatoms. The molecule has 0 bridgehead atoms. The Morgan fingerprint density at radius 2 is 2.12 bits per heavy atom. The molecule has 0 saturated carbocycles. The van der Waals surface area contributed by atoms with Gasteiger partial charge in [-0.25, -0.2) is 0 Å². The fourth-order valence-corrected chi connectivity index (χ4v) is 1.32. The Morgan fingerprint density at radius 3 is 2.75 bits per heavy atom. The highest BCUT2D eigenvalue weighted by molar-refractivity contribution is 5.75. The standard InChI is InChI=1S/C11H18N4O/c1-8-3-4-10(9(2)7-8)16-6-5-14-15-11(12)13/h3-4,7,14H,5-6H2,1-2H3,(H4,12,13,15). The van der Waals surface area contributed by atoms with E-state index in [1.165, 1.54) is 5.56 Å². The van der Waals surface area contributed by atoms with Crippen LogP contribution in [0.2, 0.25) is 0 Å². The van der Waals surface area contributed by atoms with E-state index in [0.717, 1.165) is 11.3 Å². The quantitative estimate of drug-likeness (QED) is 0.292. The van der Waals surface area contributed by atoms with Crippen LogP contribution in [-0.4, -0.2) is 19.1 Å². The molecule has 0 heterocycles. The number of hydrazone groups is 1. The van der Waals surface area contributed by atoms with Crippen molar-refractivity contribution in [3.63, 3.8) is 0 Å². The number of nitrogens with zero attached hydrogens (tertiary/aromatic N) is 1. The van der Waals surface area contributed by atoms with Gasteiger partial charge in [0.1, 0.15) is 12.4 Å². The van der Waals surface area contributed by atoms with E-state index < -0.39 is 0 Å². The molecule has 5 nitrogen and oxygen atoms in total. The summed E-state index contributed by atoms with van der Waals surface area (Å²) in [5.74, 6) is 0.906. The van der Waals surface area contributed by atoms with Crippen molar-refractivity contribution in [2.24, 2.45) is 16.6 Å². The number of aryl methyl sites for hydroxylation is 2. The highest BCUT2D eigenvalue weighted by Gasteiger charge is 1.98. The second kappa shape index (κ2) is 5.85. The normalized spacial score (nSPS) is 9.62. The molecule has 0 fully saturated rings. The van der Waals surface area contributed by atoms with Crippen LogP contribution < -0.4 is 21.6 Å². The third kappa shape index (κ3) is 4.08. The van der Waals surface area contributed by atoms with E-state index in [0.29, 0.717) is 13.2 Å². The Kier molecular flexibility index (Phi) is 4.44. The summed E-state index contributed by atoms with van der Waals surface area (Å²) in [5.41, 5.74) is 15.4. The van der Waals surface area contributed by atoms with Crippen LogP contribution in [0.4, 0.5) is 0 Å². The zero-order valence-corrected chi connectivity index (χ0v) is 9.66. The van der Waals surface area contributed by atoms with Crippen molar-refractivity contribution in [1.82, 2.24) is 5.43 Å². The van der Waals surface area contributed by atoms with Crippen LogP contribution in [0, 0.1) is 13.8 Å². The molecule has 0 aliphatic rings. The maximum absolute atomic E-state index is 5.56. The monoisotopic (exact) mass is 222 g/mol. The van der Waals surface area contributed by atoms with Crippen LogP contribution in [0.3, 0.4) is 0 Å². The Morgan fingerprint density at radius 1 is 1.38 bits per heavy atom. The SMILES string of the molecule is Cc1ccc(OCCNN=C(N)N)c(C)c1. The number of nitrogens with two attached hydrogens (primary N) is 2. The van der Waals surface area contributed by atoms with Gasteiger partial charge in [0, 0.05) is 0 Å². The van der Waals surface area contributed by atoms with E-state index in [2.05, 4.69) is 23.5 Å². The van der Waals surface area contributed by atoms with E-state index in [1.807, 2.05) is 19.1 Å². The summed E-state index contributed by atoms with van der Waals surface area (Å²) in [6.45, 7) is 5.15. The third-order valence-electron chi connectivity index (χ3n) is 2.01. The Labute approximate surface area is 95.5 Å². The molecule has 0 aliphatic heterocycles. The van der Waals surface area contributed by atoms with Crippen LogP contribution in [0.1, 0.15) is 11.1 Å². The molecule has 1 aromatic rings. The molecule has 0 aliphatic carbocycles. The number of nitrogens with one attached hydrogen (secondary N) is 1. The average Bonchev–Trinajstić information content (AvgIpc) is 2.20. The lowest BCUT2D eigenvalue weighted by atomic mass is 10.1. The number of guanidine groups is 1. The van der Waals surface area contributed by atoms with E-state index in [9.17, 15) is 0 Å². The Balaban J connectivity index is 2.35. The molecule has 0 amide bonds. The minimum absolute atomic E-state index is 0.0199. The highest BCUT2D eigenvalue weighted by Crippen LogP contribution is 2.18. The minimum Gasteiger partial charge on any atom is -0.491 e. The third-order valence-corrected chi connectivity index (χ3v) is 2.01. The molecule has 1 rings (SSSR count). The van der Waals surface area contributed by atoms with Crippen molar-refractivity contribution in [3.8, 4) is 5.75 Å². The van der Waals surface area contributed by atoms with Crippen LogP contribution >= 0.6 is 0 Å². The maximum Gasteiger partial charge on any atom is 0.208 e. The predicted octanol–water partition coefficient (Wildman–Crippen LogP) is 0.460. The highest BCUT2D eigenvalue weighted by atomic mass is 16.5. The van der Waals surface area contributed by atoms with Crippen LogP contribution in [-0.2, 0) is 0 Å². The van der Waals surface area contributed by atoms with Gasteiger partial charge in [0.2, 0.25) is 5.96 Å². The fraction of sp³-hybridized carbons (Fsp3) is 0.364. The van der Waals surface area contributed by atoms with Gasteiger partial charge in [0.15, 0.2) is 0 Å². The lowest BCUT2D eigenvalue weighted by Gasteiger charge is -2.09. The second-order valence-electron chi connectivity index (χ2n) is 3.56. The molecule has 0 radical (unpaired) electrons. The Hall–Kier alpha value is -1.91. The van der Waals surface area contributed by atoms with Gasteiger partial charge < -0.3 is 21.6 Å². The molecule has 88 valence electrons. The number of rotatable bonds is 5. The van der Waals surface area contributed by atoms with Gasteiger partial charge in [-0.15, -0.1) is 5.10 Å². The smallest absolute Gasteiger partial charge is 0.208 e. The van der Waals surface area contributed by atoms with E-state index in [1.54, 1.807) is 0 Å². The van der Waals surface area contributed by atoms with Crippen molar-refractivity contribution >= 4 is 5.96 Å². The Bertz CT molecular complexity index is 372. The maximum atomic E-state index is 5.56. The van der Waals surface area contributed by atoms with Gasteiger partial charge in [-0.3, -0.25) is 0 Å². The molecule has 0 spiro atoms. The van der Waals surface area contributed by atoms with Gasteiger partial charge in [0.05, 0.1) is 6.54 Å². The zero-order valence-electron chi connectivity index (χ0n) is 9.66. The number of benzene rings is 1. The first kappa shape index (κ1) is 12.2. The lowest BCUT2D eigenvalue weighted by Crippen LogP contribution is -2.27. The molecular weight excluding hydrogens is 204 g/mol. The van der Waals surface area contributed by atoms with Crippen molar-refractivity contribution < 1.29 is 4.74 Å². The molecule has 0 atom stereocenters. The zero-order chi connectivity index (χ0) is 12.0. The summed E-state index contributed by atoms with van der Waals surface area (Å²) in [5, 5.41) is 3.63. The number of hydrogen-bond donors (Lipinski definition) is 3. The largest absolute Gasteiger partial charge is 0.491 e. The molecule has 0 aromatic heterocycles. The number of ether oxygens (including phenoxy) is 1. The molecule has 5 N–H and O–H groups in total. The molecule has 0 saturated heterocycles. The van der Waals surface area contributed by atoms with Gasteiger partial charge in [-0.05, 0) is 25.5 Å². The van der Waals surface area contributed by atoms with Crippen LogP contribution in [0.5, 0.6) is 5.75 Å². The van der Waals surface area contributed by atoms with Gasteiger partial charge >= 0.3 is 0 Å². The summed E-state index contributed by atoms with van der Waals surface area (Å²) in [6.07, 6.45) is 0. The topological polar surface area (TPSA) is 85.7 Å². The summed E-state index contributed by atoms with van der Waals surface area (Å²) in [4.78, 5) is 0. The van der Waals surface area contributed by atoms with Crippen molar-refractivity contribution in [3.05, 3.63) is 29.3 Å².